The van der Waals surface area contributed by atoms with E-state index in [0.717, 1.165) is 53.3 Å². The van der Waals surface area contributed by atoms with Gasteiger partial charge in [-0.1, -0.05) is 6.92 Å². The van der Waals surface area contributed by atoms with Gasteiger partial charge in [-0.2, -0.15) is 0 Å². The first-order valence-corrected chi connectivity index (χ1v) is 12.1. The number of hydrogen-bond donors (Lipinski definition) is 1. The largest absolute Gasteiger partial charge is 0.508 e. The van der Waals surface area contributed by atoms with E-state index in [1.54, 1.807) is 13.2 Å². The first-order chi connectivity index (χ1) is 16.4. The number of likely N-dealkylation sites (tertiary alicyclic amines) is 1. The van der Waals surface area contributed by atoms with E-state index in [1.807, 2.05) is 18.2 Å². The van der Waals surface area contributed by atoms with Gasteiger partial charge in [0, 0.05) is 34.8 Å². The highest BCUT2D eigenvalue weighted by Crippen LogP contribution is 2.37. The van der Waals surface area contributed by atoms with Crippen LogP contribution >= 0.6 is 0 Å². The number of Topliss-reactive ketones (excluding diaryl/α,β-unsaturated/α-hetero) is 1. The molecule has 2 aromatic carbocycles. The van der Waals surface area contributed by atoms with Gasteiger partial charge in [-0.3, -0.25) is 4.79 Å². The normalized spacial score (nSPS) is 18.0. The van der Waals surface area contributed by atoms with Gasteiger partial charge in [-0.05, 0) is 88.1 Å². The summed E-state index contributed by atoms with van der Waals surface area (Å²) in [4.78, 5) is 15.5. The highest BCUT2D eigenvalue weighted by atomic mass is 16.5. The summed E-state index contributed by atoms with van der Waals surface area (Å²) in [6.07, 6.45) is 5.48. The minimum Gasteiger partial charge on any atom is -0.508 e. The van der Waals surface area contributed by atoms with Crippen LogP contribution in [0, 0.1) is 12.8 Å². The van der Waals surface area contributed by atoms with Crippen LogP contribution in [0.15, 0.2) is 42.2 Å². The molecule has 2 aliphatic rings. The first-order valence-electron chi connectivity index (χ1n) is 12.1. The lowest BCUT2D eigenvalue weighted by molar-refractivity contribution is 0.101. The van der Waals surface area contributed by atoms with Crippen molar-refractivity contribution < 1.29 is 19.4 Å². The average molecular weight is 461 g/mol. The summed E-state index contributed by atoms with van der Waals surface area (Å²) >= 11 is 0. The molecule has 0 unspecified atom stereocenters. The number of aromatic nitrogens is 1. The lowest BCUT2D eigenvalue weighted by Gasteiger charge is -2.30. The van der Waals surface area contributed by atoms with Crippen molar-refractivity contribution in [3.63, 3.8) is 0 Å². The summed E-state index contributed by atoms with van der Waals surface area (Å²) in [5.74, 6) is 2.19. The number of piperidine rings is 1. The Morgan fingerprint density at radius 3 is 2.71 bits per heavy atom. The van der Waals surface area contributed by atoms with Crippen LogP contribution in [0.1, 0.15) is 47.8 Å². The van der Waals surface area contributed by atoms with Gasteiger partial charge >= 0.3 is 0 Å². The number of ketones is 1. The first kappa shape index (κ1) is 22.5. The highest BCUT2D eigenvalue weighted by molar-refractivity contribution is 6.15. The molecular weight excluding hydrogens is 428 g/mol. The molecule has 0 bridgehead atoms. The standard InChI is InChI=1S/C28H32N2O4/c1-18-9-13-29(14-10-18)11-4-12-30-19(2)23(24-16-21(33-3)6-8-25(24)30)17-27-28(32)22-7-5-20(31)15-26(22)34-27/h5-8,15-18,31H,4,9-14H2,1-3H3. The number of carbonyl (C=O) groups is 1. The van der Waals surface area contributed by atoms with Crippen LogP contribution in [0.25, 0.3) is 17.0 Å². The van der Waals surface area contributed by atoms with E-state index in [0.29, 0.717) is 11.3 Å². The van der Waals surface area contributed by atoms with Crippen LogP contribution in [-0.2, 0) is 6.54 Å². The molecule has 3 aromatic rings. The van der Waals surface area contributed by atoms with Gasteiger partial charge in [-0.25, -0.2) is 0 Å². The fraction of sp³-hybridized carbons (Fsp3) is 0.393. The average Bonchev–Trinajstić information content (AvgIpc) is 3.28. The zero-order chi connectivity index (χ0) is 23.8. The van der Waals surface area contributed by atoms with Crippen molar-refractivity contribution >= 4 is 22.8 Å². The van der Waals surface area contributed by atoms with E-state index in [1.165, 1.54) is 38.1 Å². The molecule has 0 amide bonds. The van der Waals surface area contributed by atoms with E-state index >= 15 is 0 Å². The zero-order valence-corrected chi connectivity index (χ0v) is 20.1. The SMILES string of the molecule is COc1ccc2c(c1)c(C=C1Oc3cc(O)ccc3C1=O)c(C)n2CCCN1CCC(C)CC1. The Bertz CT molecular complexity index is 1270. The molecule has 0 radical (unpaired) electrons. The third-order valence-corrected chi connectivity index (χ3v) is 7.24. The number of ether oxygens (including phenoxy) is 2. The Kier molecular flexibility index (Phi) is 6.09. The van der Waals surface area contributed by atoms with Crippen molar-refractivity contribution in [2.45, 2.75) is 39.7 Å². The molecule has 6 nitrogen and oxygen atoms in total. The minimum absolute atomic E-state index is 0.0773. The van der Waals surface area contributed by atoms with Crippen molar-refractivity contribution in [2.24, 2.45) is 5.92 Å². The Hall–Kier alpha value is -3.25. The molecule has 6 heteroatoms. The predicted octanol–water partition coefficient (Wildman–Crippen LogP) is 5.40. The second-order valence-corrected chi connectivity index (χ2v) is 9.53. The lowest BCUT2D eigenvalue weighted by Crippen LogP contribution is -2.34. The molecule has 0 spiro atoms. The number of carbonyl (C=O) groups excluding carboxylic acids is 1. The fourth-order valence-corrected chi connectivity index (χ4v) is 5.13. The number of allylic oxidation sites excluding steroid dienone is 1. The smallest absolute Gasteiger partial charge is 0.231 e. The molecule has 1 fully saturated rings. The Balaban J connectivity index is 1.45. The van der Waals surface area contributed by atoms with Crippen LogP contribution in [-0.4, -0.2) is 47.1 Å². The number of methoxy groups -OCH3 is 1. The third-order valence-electron chi connectivity index (χ3n) is 7.24. The van der Waals surface area contributed by atoms with Gasteiger partial charge in [0.25, 0.3) is 0 Å². The van der Waals surface area contributed by atoms with Crippen molar-refractivity contribution in [1.82, 2.24) is 9.47 Å². The van der Waals surface area contributed by atoms with Gasteiger partial charge in [0.2, 0.25) is 5.78 Å². The second kappa shape index (κ2) is 9.18. The summed E-state index contributed by atoms with van der Waals surface area (Å²) in [7, 11) is 1.66. The van der Waals surface area contributed by atoms with Crippen LogP contribution < -0.4 is 9.47 Å². The summed E-state index contributed by atoms with van der Waals surface area (Å²) < 4.78 is 13.7. The van der Waals surface area contributed by atoms with E-state index in [2.05, 4.69) is 29.4 Å². The monoisotopic (exact) mass is 460 g/mol. The molecule has 3 heterocycles. The number of aromatic hydroxyl groups is 1. The number of benzene rings is 2. The molecule has 5 rings (SSSR count). The Morgan fingerprint density at radius 2 is 1.94 bits per heavy atom. The molecule has 1 N–H and O–H groups in total. The van der Waals surface area contributed by atoms with E-state index in [-0.39, 0.29) is 17.3 Å². The zero-order valence-electron chi connectivity index (χ0n) is 20.1. The Morgan fingerprint density at radius 1 is 1.15 bits per heavy atom. The number of rotatable bonds is 6. The van der Waals surface area contributed by atoms with Gasteiger partial charge < -0.3 is 24.0 Å². The van der Waals surface area contributed by atoms with E-state index in [9.17, 15) is 9.90 Å². The lowest BCUT2D eigenvalue weighted by atomic mass is 9.99. The Labute approximate surface area is 200 Å². The number of fused-ring (bicyclic) bond motifs is 2. The van der Waals surface area contributed by atoms with Crippen LogP contribution in [0.3, 0.4) is 0 Å². The summed E-state index contributed by atoms with van der Waals surface area (Å²) in [5, 5.41) is 10.8. The molecule has 34 heavy (non-hydrogen) atoms. The molecule has 2 aliphatic heterocycles. The highest BCUT2D eigenvalue weighted by Gasteiger charge is 2.28. The van der Waals surface area contributed by atoms with Crippen molar-refractivity contribution in [2.75, 3.05) is 26.7 Å². The minimum atomic E-state index is -0.169. The van der Waals surface area contributed by atoms with Crippen molar-refractivity contribution in [1.29, 1.82) is 0 Å². The molecule has 0 atom stereocenters. The van der Waals surface area contributed by atoms with Crippen molar-refractivity contribution in [3.8, 4) is 17.2 Å². The number of phenols is 1. The van der Waals surface area contributed by atoms with E-state index in [4.69, 9.17) is 9.47 Å². The van der Waals surface area contributed by atoms with E-state index < -0.39 is 0 Å². The number of phenolic OH excluding ortho intramolecular Hbond substituents is 1. The number of aryl methyl sites for hydroxylation is 1. The van der Waals surface area contributed by atoms with Crippen LogP contribution in [0.5, 0.6) is 17.2 Å². The summed E-state index contributed by atoms with van der Waals surface area (Å²) in [5.41, 5.74) is 3.65. The van der Waals surface area contributed by atoms with Crippen LogP contribution in [0.4, 0.5) is 0 Å². The molecular formula is C28H32N2O4. The van der Waals surface area contributed by atoms with Crippen LogP contribution in [0.2, 0.25) is 0 Å². The van der Waals surface area contributed by atoms with Crippen molar-refractivity contribution in [3.05, 3.63) is 59.0 Å². The fourth-order valence-electron chi connectivity index (χ4n) is 5.13. The topological polar surface area (TPSA) is 63.9 Å². The molecule has 1 aromatic heterocycles. The summed E-state index contributed by atoms with van der Waals surface area (Å²) in [6, 6.07) is 10.7. The maximum absolute atomic E-state index is 12.9. The quantitative estimate of drug-likeness (QED) is 0.499. The molecule has 1 saturated heterocycles. The summed E-state index contributed by atoms with van der Waals surface area (Å²) in [6.45, 7) is 8.83. The van der Waals surface area contributed by atoms with Gasteiger partial charge in [0.15, 0.2) is 5.76 Å². The van der Waals surface area contributed by atoms with Gasteiger partial charge in [0.1, 0.15) is 17.2 Å². The molecule has 178 valence electrons. The molecule has 0 saturated carbocycles. The maximum Gasteiger partial charge on any atom is 0.231 e. The number of nitrogens with zero attached hydrogens (tertiary/aromatic N) is 2. The third kappa shape index (κ3) is 4.18. The molecule has 0 aliphatic carbocycles. The van der Waals surface area contributed by atoms with Gasteiger partial charge in [-0.15, -0.1) is 0 Å². The van der Waals surface area contributed by atoms with Gasteiger partial charge in [0.05, 0.1) is 12.7 Å². The predicted molar refractivity (Wildman–Crippen MR) is 134 cm³/mol. The maximum atomic E-state index is 12.9. The second-order valence-electron chi connectivity index (χ2n) is 9.53. The number of hydrogen-bond acceptors (Lipinski definition) is 5.